The van der Waals surface area contributed by atoms with Crippen LogP contribution >= 0.6 is 27.5 Å². The summed E-state index contributed by atoms with van der Waals surface area (Å²) in [5.74, 6) is 0. The van der Waals surface area contributed by atoms with Crippen LogP contribution in [0.4, 0.5) is 0 Å². The second-order valence-corrected chi connectivity index (χ2v) is 5.14. The summed E-state index contributed by atoms with van der Waals surface area (Å²) < 4.78 is 1.13. The molecule has 0 aliphatic heterocycles. The average molecular weight is 283 g/mol. The van der Waals surface area contributed by atoms with Crippen LogP contribution in [0.1, 0.15) is 17.5 Å². The molecular formula is C12H9BrClN. The third kappa shape index (κ3) is 1.47. The Morgan fingerprint density at radius 3 is 2.93 bits per heavy atom. The summed E-state index contributed by atoms with van der Waals surface area (Å²) in [6, 6.07) is 4.15. The van der Waals surface area contributed by atoms with Crippen LogP contribution in [-0.2, 0) is 12.8 Å². The molecule has 1 heterocycles. The van der Waals surface area contributed by atoms with Crippen LogP contribution < -0.4 is 0 Å². The van der Waals surface area contributed by atoms with Gasteiger partial charge in [0.25, 0.3) is 0 Å². The summed E-state index contributed by atoms with van der Waals surface area (Å²) in [6.07, 6.45) is 5.50. The van der Waals surface area contributed by atoms with Gasteiger partial charge in [0.1, 0.15) is 5.15 Å². The van der Waals surface area contributed by atoms with Gasteiger partial charge in [-0.3, -0.25) is 0 Å². The lowest BCUT2D eigenvalue weighted by molar-refractivity contribution is 0.913. The van der Waals surface area contributed by atoms with Gasteiger partial charge in [0.2, 0.25) is 0 Å². The first-order valence-electron chi connectivity index (χ1n) is 5.01. The molecule has 1 nitrogen and oxygen atoms in total. The van der Waals surface area contributed by atoms with E-state index in [9.17, 15) is 0 Å². The van der Waals surface area contributed by atoms with Crippen LogP contribution in [0.2, 0.25) is 5.15 Å². The number of aromatic nitrogens is 1. The third-order valence-electron chi connectivity index (χ3n) is 3.01. The summed E-state index contributed by atoms with van der Waals surface area (Å²) >= 11 is 9.51. The lowest BCUT2D eigenvalue weighted by atomic mass is 10.0. The molecule has 0 saturated heterocycles. The molecule has 1 aliphatic rings. The Kier molecular flexibility index (Phi) is 2.22. The Morgan fingerprint density at radius 2 is 2.07 bits per heavy atom. The van der Waals surface area contributed by atoms with Gasteiger partial charge >= 0.3 is 0 Å². The minimum atomic E-state index is 0.557. The highest BCUT2D eigenvalue weighted by atomic mass is 79.9. The van der Waals surface area contributed by atoms with Gasteiger partial charge in [-0.25, -0.2) is 4.98 Å². The first-order valence-corrected chi connectivity index (χ1v) is 6.18. The summed E-state index contributed by atoms with van der Waals surface area (Å²) in [5, 5.41) is 2.98. The lowest BCUT2D eigenvalue weighted by Gasteiger charge is -2.07. The predicted octanol–water partition coefficient (Wildman–Crippen LogP) is 4.14. The Balaban J connectivity index is 2.44. The number of pyridine rings is 1. The van der Waals surface area contributed by atoms with E-state index in [1.807, 2.05) is 12.3 Å². The van der Waals surface area contributed by atoms with Gasteiger partial charge in [0, 0.05) is 21.4 Å². The normalized spacial score (nSPS) is 14.5. The Morgan fingerprint density at radius 1 is 1.20 bits per heavy atom. The standard InChI is InChI=1S/C12H9BrClN/c13-11-4-7-2-1-3-8(7)10-6-15-12(14)5-9(10)11/h4-6H,1-3H2. The van der Waals surface area contributed by atoms with Crippen molar-refractivity contribution in [3.05, 3.63) is 39.1 Å². The second-order valence-electron chi connectivity index (χ2n) is 3.90. The third-order valence-corrected chi connectivity index (χ3v) is 3.88. The van der Waals surface area contributed by atoms with Crippen molar-refractivity contribution in [2.75, 3.05) is 0 Å². The number of nitrogens with zero attached hydrogens (tertiary/aromatic N) is 1. The van der Waals surface area contributed by atoms with Crippen LogP contribution in [-0.4, -0.2) is 4.98 Å². The molecule has 0 atom stereocenters. The Hall–Kier alpha value is -0.600. The number of fused-ring (bicyclic) bond motifs is 3. The van der Waals surface area contributed by atoms with E-state index in [0.717, 1.165) is 4.47 Å². The fourth-order valence-electron chi connectivity index (χ4n) is 2.33. The van der Waals surface area contributed by atoms with E-state index in [0.29, 0.717) is 5.15 Å². The van der Waals surface area contributed by atoms with Crippen LogP contribution in [0.15, 0.2) is 22.8 Å². The Bertz CT molecular complexity index is 551. The van der Waals surface area contributed by atoms with Crippen LogP contribution in [0.3, 0.4) is 0 Å². The summed E-state index contributed by atoms with van der Waals surface area (Å²) in [6.45, 7) is 0. The topological polar surface area (TPSA) is 12.9 Å². The molecule has 76 valence electrons. The van der Waals surface area contributed by atoms with E-state index in [-0.39, 0.29) is 0 Å². The fraction of sp³-hybridized carbons (Fsp3) is 0.250. The van der Waals surface area contributed by atoms with Crippen molar-refractivity contribution in [3.8, 4) is 0 Å². The van der Waals surface area contributed by atoms with Crippen molar-refractivity contribution in [1.29, 1.82) is 0 Å². The largest absolute Gasteiger partial charge is 0.244 e. The lowest BCUT2D eigenvalue weighted by Crippen LogP contribution is -1.88. The number of aryl methyl sites for hydroxylation is 2. The zero-order valence-corrected chi connectivity index (χ0v) is 10.4. The molecule has 3 rings (SSSR count). The van der Waals surface area contributed by atoms with Gasteiger partial charge < -0.3 is 0 Å². The predicted molar refractivity (Wildman–Crippen MR) is 66.5 cm³/mol. The maximum atomic E-state index is 5.91. The molecule has 0 bridgehead atoms. The molecular weight excluding hydrogens is 273 g/mol. The first kappa shape index (κ1) is 9.61. The molecule has 0 saturated carbocycles. The number of hydrogen-bond donors (Lipinski definition) is 0. The minimum absolute atomic E-state index is 0.557. The molecule has 0 N–H and O–H groups in total. The number of halogens is 2. The molecule has 0 spiro atoms. The van der Waals surface area contributed by atoms with E-state index in [4.69, 9.17) is 11.6 Å². The molecule has 3 heteroatoms. The van der Waals surface area contributed by atoms with Gasteiger partial charge in [-0.15, -0.1) is 0 Å². The van der Waals surface area contributed by atoms with Crippen molar-refractivity contribution >= 4 is 38.3 Å². The quantitative estimate of drug-likeness (QED) is 0.662. The zero-order valence-electron chi connectivity index (χ0n) is 8.06. The fourth-order valence-corrected chi connectivity index (χ4v) is 3.09. The van der Waals surface area contributed by atoms with E-state index < -0.39 is 0 Å². The number of rotatable bonds is 0. The summed E-state index contributed by atoms with van der Waals surface area (Å²) in [7, 11) is 0. The van der Waals surface area contributed by atoms with Crippen molar-refractivity contribution in [1.82, 2.24) is 4.98 Å². The minimum Gasteiger partial charge on any atom is -0.244 e. The molecule has 1 aromatic heterocycles. The average Bonchev–Trinajstić information content (AvgIpc) is 2.66. The number of hydrogen-bond acceptors (Lipinski definition) is 1. The smallest absolute Gasteiger partial charge is 0.129 e. The zero-order chi connectivity index (χ0) is 10.4. The molecule has 2 aromatic rings. The molecule has 1 aromatic carbocycles. The molecule has 0 fully saturated rings. The number of benzene rings is 1. The maximum Gasteiger partial charge on any atom is 0.129 e. The van der Waals surface area contributed by atoms with Crippen molar-refractivity contribution < 1.29 is 0 Å². The monoisotopic (exact) mass is 281 g/mol. The summed E-state index contributed by atoms with van der Waals surface area (Å²) in [5.41, 5.74) is 2.91. The van der Waals surface area contributed by atoms with Gasteiger partial charge in [0.15, 0.2) is 0 Å². The van der Waals surface area contributed by atoms with E-state index in [2.05, 4.69) is 27.0 Å². The van der Waals surface area contributed by atoms with E-state index in [1.54, 1.807) is 0 Å². The van der Waals surface area contributed by atoms with Gasteiger partial charge in [0.05, 0.1) is 0 Å². The van der Waals surface area contributed by atoms with Crippen molar-refractivity contribution in [3.63, 3.8) is 0 Å². The van der Waals surface area contributed by atoms with Crippen molar-refractivity contribution in [2.24, 2.45) is 0 Å². The maximum absolute atomic E-state index is 5.91. The molecule has 0 amide bonds. The van der Waals surface area contributed by atoms with E-state index >= 15 is 0 Å². The second kappa shape index (κ2) is 3.46. The molecule has 1 aliphatic carbocycles. The van der Waals surface area contributed by atoms with Crippen LogP contribution in [0.25, 0.3) is 10.8 Å². The van der Waals surface area contributed by atoms with Crippen LogP contribution in [0, 0.1) is 0 Å². The highest BCUT2D eigenvalue weighted by molar-refractivity contribution is 9.10. The van der Waals surface area contributed by atoms with Crippen molar-refractivity contribution in [2.45, 2.75) is 19.3 Å². The SMILES string of the molecule is Clc1cc2c(Br)cc3c(c2cn1)CCC3. The van der Waals surface area contributed by atoms with Gasteiger partial charge in [-0.05, 0) is 42.5 Å². The van der Waals surface area contributed by atoms with Gasteiger partial charge in [-0.1, -0.05) is 27.5 Å². The van der Waals surface area contributed by atoms with E-state index in [1.165, 1.54) is 41.2 Å². The Labute approximate surface area is 102 Å². The molecule has 0 radical (unpaired) electrons. The molecule has 0 unspecified atom stereocenters. The first-order chi connectivity index (χ1) is 7.25. The van der Waals surface area contributed by atoms with Gasteiger partial charge in [-0.2, -0.15) is 0 Å². The highest BCUT2D eigenvalue weighted by Crippen LogP contribution is 2.35. The summed E-state index contributed by atoms with van der Waals surface area (Å²) in [4.78, 5) is 4.17. The van der Waals surface area contributed by atoms with Crippen LogP contribution in [0.5, 0.6) is 0 Å². The highest BCUT2D eigenvalue weighted by Gasteiger charge is 2.16. The molecule has 15 heavy (non-hydrogen) atoms.